The molecule has 0 atom stereocenters. The van der Waals surface area contributed by atoms with Crippen LogP contribution in [0.4, 0.5) is 5.69 Å². The van der Waals surface area contributed by atoms with Crippen LogP contribution in [-0.2, 0) is 11.8 Å². The van der Waals surface area contributed by atoms with Gasteiger partial charge in [0.25, 0.3) is 0 Å². The van der Waals surface area contributed by atoms with Crippen molar-refractivity contribution in [2.45, 2.75) is 90.0 Å². The number of nitrogens with one attached hydrogen (secondary N) is 1. The predicted octanol–water partition coefficient (Wildman–Crippen LogP) is 6.58. The van der Waals surface area contributed by atoms with Crippen molar-refractivity contribution in [1.29, 1.82) is 0 Å². The number of carbonyl (C=O) groups excluding carboxylic acids is 1. The number of H-pyrrole nitrogens is 1. The van der Waals surface area contributed by atoms with Gasteiger partial charge in [0.2, 0.25) is 0 Å². The summed E-state index contributed by atoms with van der Waals surface area (Å²) in [7, 11) is -1.47. The van der Waals surface area contributed by atoms with Gasteiger partial charge in [0.05, 0.1) is 5.56 Å². The van der Waals surface area contributed by atoms with Gasteiger partial charge in [-0.05, 0) is 67.5 Å². The standard InChI is InChI=1S/C37H48N4OSi/c1-7-26-23-30-31(24-33(26)41-15-12-28(13-16-41)40-19-17-39(18-20-40)27-9-10-27)37(2,3)36-34(35(30)42)29-11-8-25(22-32(29)38-36)14-21-43(4,5)6/h8,11,22-24,27-28,38H,7,9-10,12-13,15-20H2,1-6H3. The number of anilines is 1. The van der Waals surface area contributed by atoms with E-state index in [1.165, 1.54) is 63.1 Å². The molecule has 0 amide bonds. The highest BCUT2D eigenvalue weighted by Gasteiger charge is 2.41. The zero-order chi connectivity index (χ0) is 30.1. The monoisotopic (exact) mass is 592 g/mol. The van der Waals surface area contributed by atoms with Crippen LogP contribution in [0.15, 0.2) is 30.3 Å². The Labute approximate surface area is 259 Å². The van der Waals surface area contributed by atoms with Crippen LogP contribution in [0.3, 0.4) is 0 Å². The highest BCUT2D eigenvalue weighted by Crippen LogP contribution is 2.46. The normalized spacial score (nSPS) is 21.4. The molecule has 2 aromatic carbocycles. The highest BCUT2D eigenvalue weighted by molar-refractivity contribution is 6.83. The van der Waals surface area contributed by atoms with E-state index in [-0.39, 0.29) is 11.2 Å². The first-order valence-electron chi connectivity index (χ1n) is 16.7. The van der Waals surface area contributed by atoms with Gasteiger partial charge in [-0.15, -0.1) is 5.54 Å². The minimum absolute atomic E-state index is 0.154. The smallest absolute Gasteiger partial charge is 0.195 e. The number of carbonyl (C=O) groups is 1. The summed E-state index contributed by atoms with van der Waals surface area (Å²) in [6.07, 6.45) is 6.21. The molecule has 2 saturated heterocycles. The third-order valence-corrected chi connectivity index (χ3v) is 11.4. The number of piperazine rings is 1. The third kappa shape index (κ3) is 5.28. The molecule has 43 heavy (non-hydrogen) atoms. The summed E-state index contributed by atoms with van der Waals surface area (Å²) in [5.74, 6) is 3.55. The molecular formula is C37H48N4OSi. The quantitative estimate of drug-likeness (QED) is 0.275. The maximum Gasteiger partial charge on any atom is 0.195 e. The molecule has 6 heteroatoms. The number of hydrogen-bond donors (Lipinski definition) is 1. The first-order chi connectivity index (χ1) is 20.5. The van der Waals surface area contributed by atoms with Crippen LogP contribution in [0.5, 0.6) is 0 Å². The molecule has 7 rings (SSSR count). The second-order valence-corrected chi connectivity index (χ2v) is 19.7. The predicted molar refractivity (Wildman–Crippen MR) is 181 cm³/mol. The molecule has 226 valence electrons. The van der Waals surface area contributed by atoms with Crippen molar-refractivity contribution < 1.29 is 4.79 Å². The molecule has 1 aromatic heterocycles. The summed E-state index contributed by atoms with van der Waals surface area (Å²) in [5.41, 5.74) is 11.7. The molecule has 2 aliphatic heterocycles. The summed E-state index contributed by atoms with van der Waals surface area (Å²) in [6.45, 7) is 20.7. The second kappa shape index (κ2) is 10.6. The number of hydrogen-bond acceptors (Lipinski definition) is 4. The molecule has 3 aromatic rings. The number of nitrogens with zero attached hydrogens (tertiary/aromatic N) is 3. The molecule has 5 nitrogen and oxygen atoms in total. The first kappa shape index (κ1) is 28.9. The molecule has 2 aliphatic carbocycles. The largest absolute Gasteiger partial charge is 0.371 e. The van der Waals surface area contributed by atoms with Gasteiger partial charge in [-0.1, -0.05) is 52.4 Å². The molecule has 0 radical (unpaired) electrons. The van der Waals surface area contributed by atoms with E-state index in [0.717, 1.165) is 64.4 Å². The average molecular weight is 593 g/mol. The lowest BCUT2D eigenvalue weighted by molar-refractivity contribution is 0.0809. The average Bonchev–Trinajstić information content (AvgIpc) is 3.78. The molecule has 0 unspecified atom stereocenters. The lowest BCUT2D eigenvalue weighted by Gasteiger charge is -2.44. The molecule has 0 spiro atoms. The molecular weight excluding hydrogens is 545 g/mol. The van der Waals surface area contributed by atoms with Gasteiger partial charge in [0.1, 0.15) is 8.07 Å². The number of aryl methyl sites for hydroxylation is 1. The second-order valence-electron chi connectivity index (χ2n) is 15.0. The Kier molecular flexibility index (Phi) is 7.15. The molecule has 3 heterocycles. The third-order valence-electron chi connectivity index (χ3n) is 10.5. The number of fused-ring (bicyclic) bond motifs is 4. The van der Waals surface area contributed by atoms with E-state index in [9.17, 15) is 4.79 Å². The van der Waals surface area contributed by atoms with Crippen LogP contribution in [-0.4, -0.2) is 80.0 Å². The number of rotatable bonds is 4. The fourth-order valence-corrected chi connectivity index (χ4v) is 8.32. The maximum absolute atomic E-state index is 14.2. The first-order valence-corrected chi connectivity index (χ1v) is 20.2. The molecule has 0 bridgehead atoms. The summed E-state index contributed by atoms with van der Waals surface area (Å²) >= 11 is 0. The molecule has 1 saturated carbocycles. The molecule has 3 fully saturated rings. The number of benzene rings is 2. The Morgan fingerprint density at radius 2 is 1.56 bits per heavy atom. The SMILES string of the molecule is CCc1cc2c(cc1N1CCC(N3CCN(C4CC4)CC3)CC1)C(C)(C)c1[nH]c3cc(C#C[Si](C)(C)C)ccc3c1C2=O. The Bertz CT molecular complexity index is 1630. The van der Waals surface area contributed by atoms with Crippen molar-refractivity contribution in [1.82, 2.24) is 14.8 Å². The Morgan fingerprint density at radius 1 is 0.907 bits per heavy atom. The van der Waals surface area contributed by atoms with Crippen LogP contribution in [0.25, 0.3) is 10.9 Å². The van der Waals surface area contributed by atoms with Crippen molar-refractivity contribution in [3.05, 3.63) is 63.8 Å². The topological polar surface area (TPSA) is 42.6 Å². The minimum atomic E-state index is -1.47. The van der Waals surface area contributed by atoms with Gasteiger partial charge in [-0.2, -0.15) is 0 Å². The van der Waals surface area contributed by atoms with Crippen molar-refractivity contribution in [3.63, 3.8) is 0 Å². The Hall–Kier alpha value is -2.85. The van der Waals surface area contributed by atoms with Crippen molar-refractivity contribution >= 4 is 30.4 Å². The Balaban J connectivity index is 1.16. The summed E-state index contributed by atoms with van der Waals surface area (Å²) in [4.78, 5) is 26.0. The highest BCUT2D eigenvalue weighted by atomic mass is 28.3. The molecule has 1 N–H and O–H groups in total. The number of aromatic nitrogens is 1. The minimum Gasteiger partial charge on any atom is -0.371 e. The lowest BCUT2D eigenvalue weighted by atomic mass is 9.70. The lowest BCUT2D eigenvalue weighted by Crippen LogP contribution is -2.53. The van der Waals surface area contributed by atoms with Crippen LogP contribution in [0.2, 0.25) is 19.6 Å². The van der Waals surface area contributed by atoms with Crippen LogP contribution in [0, 0.1) is 11.5 Å². The van der Waals surface area contributed by atoms with E-state index in [1.54, 1.807) is 0 Å². The number of piperidine rings is 1. The van der Waals surface area contributed by atoms with Gasteiger partial charge < -0.3 is 9.88 Å². The maximum atomic E-state index is 14.2. The summed E-state index contributed by atoms with van der Waals surface area (Å²) in [6, 6.07) is 12.5. The van der Waals surface area contributed by atoms with Crippen molar-refractivity contribution in [2.24, 2.45) is 0 Å². The van der Waals surface area contributed by atoms with Gasteiger partial charge in [-0.25, -0.2) is 0 Å². The van der Waals surface area contributed by atoms with Gasteiger partial charge in [0, 0.05) is 90.2 Å². The van der Waals surface area contributed by atoms with E-state index in [4.69, 9.17) is 0 Å². The zero-order valence-corrected chi connectivity index (χ0v) is 28.1. The van der Waals surface area contributed by atoms with Gasteiger partial charge >= 0.3 is 0 Å². The van der Waals surface area contributed by atoms with Crippen LogP contribution in [0.1, 0.15) is 84.8 Å². The fourth-order valence-electron chi connectivity index (χ4n) is 7.80. The number of ketones is 1. The Morgan fingerprint density at radius 3 is 2.16 bits per heavy atom. The number of aromatic amines is 1. The fraction of sp³-hybridized carbons (Fsp3) is 0.541. The summed E-state index contributed by atoms with van der Waals surface area (Å²) < 4.78 is 0. The van der Waals surface area contributed by atoms with Crippen molar-refractivity contribution in [3.8, 4) is 11.5 Å². The van der Waals surface area contributed by atoms with E-state index in [2.05, 4.69) is 102 Å². The van der Waals surface area contributed by atoms with Crippen LogP contribution >= 0.6 is 0 Å². The van der Waals surface area contributed by atoms with E-state index >= 15 is 0 Å². The van der Waals surface area contributed by atoms with Crippen molar-refractivity contribution in [2.75, 3.05) is 44.2 Å². The van der Waals surface area contributed by atoms with E-state index in [0.29, 0.717) is 6.04 Å². The van der Waals surface area contributed by atoms with Gasteiger partial charge in [-0.3, -0.25) is 14.6 Å². The van der Waals surface area contributed by atoms with Crippen LogP contribution < -0.4 is 4.90 Å². The van der Waals surface area contributed by atoms with E-state index in [1.807, 2.05) is 0 Å². The molecule has 4 aliphatic rings. The van der Waals surface area contributed by atoms with Gasteiger partial charge in [0.15, 0.2) is 5.78 Å². The summed E-state index contributed by atoms with van der Waals surface area (Å²) in [5, 5.41) is 1.01. The zero-order valence-electron chi connectivity index (χ0n) is 27.1. The van der Waals surface area contributed by atoms with E-state index < -0.39 is 8.07 Å².